The fraction of sp³-hybridized carbons (Fsp3) is 0.333. The number of rotatable bonds is 1. The first-order valence-corrected chi connectivity index (χ1v) is 4.17. The highest BCUT2D eigenvalue weighted by Crippen LogP contribution is 2.21. The van der Waals surface area contributed by atoms with Crippen molar-refractivity contribution in [3.05, 3.63) is 30.1 Å². The van der Waals surface area contributed by atoms with E-state index >= 15 is 0 Å². The van der Waals surface area contributed by atoms with Gasteiger partial charge in [0.2, 0.25) is 0 Å². The summed E-state index contributed by atoms with van der Waals surface area (Å²) in [4.78, 5) is 15.0. The standard InChI is InChI=1S/C9H11N3O/c1-9(6-11-8(13)12-9)7-3-2-4-10-5-7/h2-5H,6H2,1H3,(H2,11,12,13). The Balaban J connectivity index is 2.31. The monoisotopic (exact) mass is 177 g/mol. The van der Waals surface area contributed by atoms with Crippen LogP contribution in [0, 0.1) is 0 Å². The topological polar surface area (TPSA) is 54.0 Å². The minimum absolute atomic E-state index is 0.119. The molecule has 1 aromatic heterocycles. The first-order valence-electron chi connectivity index (χ1n) is 4.17. The van der Waals surface area contributed by atoms with Gasteiger partial charge in [-0.1, -0.05) is 6.07 Å². The number of amides is 2. The second-order valence-electron chi connectivity index (χ2n) is 3.38. The van der Waals surface area contributed by atoms with E-state index in [1.165, 1.54) is 0 Å². The Morgan fingerprint density at radius 3 is 3.00 bits per heavy atom. The van der Waals surface area contributed by atoms with Gasteiger partial charge in [-0.15, -0.1) is 0 Å². The molecule has 0 bridgehead atoms. The summed E-state index contributed by atoms with van der Waals surface area (Å²) in [5, 5.41) is 5.59. The van der Waals surface area contributed by atoms with E-state index in [0.717, 1.165) is 5.56 Å². The van der Waals surface area contributed by atoms with Gasteiger partial charge in [-0.25, -0.2) is 4.79 Å². The maximum atomic E-state index is 11.0. The van der Waals surface area contributed by atoms with E-state index in [4.69, 9.17) is 0 Å². The summed E-state index contributed by atoms with van der Waals surface area (Å²) in [6, 6.07) is 3.71. The van der Waals surface area contributed by atoms with Crippen LogP contribution >= 0.6 is 0 Å². The lowest BCUT2D eigenvalue weighted by atomic mass is 9.95. The second-order valence-corrected chi connectivity index (χ2v) is 3.38. The first-order chi connectivity index (χ1) is 6.21. The number of urea groups is 1. The Hall–Kier alpha value is -1.58. The highest BCUT2D eigenvalue weighted by Gasteiger charge is 2.34. The molecule has 0 aliphatic carbocycles. The van der Waals surface area contributed by atoms with Crippen LogP contribution in [0.5, 0.6) is 0 Å². The maximum Gasteiger partial charge on any atom is 0.315 e. The van der Waals surface area contributed by atoms with Crippen molar-refractivity contribution >= 4 is 6.03 Å². The number of hydrogen-bond donors (Lipinski definition) is 2. The van der Waals surface area contributed by atoms with Gasteiger partial charge >= 0.3 is 6.03 Å². The van der Waals surface area contributed by atoms with E-state index in [9.17, 15) is 4.79 Å². The lowest BCUT2D eigenvalue weighted by Gasteiger charge is -2.22. The zero-order valence-electron chi connectivity index (χ0n) is 7.37. The molecule has 2 heterocycles. The molecule has 1 aliphatic rings. The number of nitrogens with one attached hydrogen (secondary N) is 2. The number of carbonyl (C=O) groups is 1. The van der Waals surface area contributed by atoms with Gasteiger partial charge in [0, 0.05) is 18.9 Å². The summed E-state index contributed by atoms with van der Waals surface area (Å²) < 4.78 is 0. The van der Waals surface area contributed by atoms with E-state index in [2.05, 4.69) is 15.6 Å². The van der Waals surface area contributed by atoms with Crippen LogP contribution in [0.15, 0.2) is 24.5 Å². The highest BCUT2D eigenvalue weighted by atomic mass is 16.2. The summed E-state index contributed by atoms with van der Waals surface area (Å²) in [5.41, 5.74) is 0.707. The fourth-order valence-electron chi connectivity index (χ4n) is 1.46. The zero-order valence-corrected chi connectivity index (χ0v) is 7.37. The lowest BCUT2D eigenvalue weighted by Crippen LogP contribution is -2.37. The molecule has 0 radical (unpaired) electrons. The summed E-state index contributed by atoms with van der Waals surface area (Å²) in [5.74, 6) is 0. The van der Waals surface area contributed by atoms with Gasteiger partial charge in [0.25, 0.3) is 0 Å². The Bertz CT molecular complexity index is 325. The molecule has 0 aromatic carbocycles. The van der Waals surface area contributed by atoms with Crippen molar-refractivity contribution in [3.63, 3.8) is 0 Å². The maximum absolute atomic E-state index is 11.0. The van der Waals surface area contributed by atoms with Crippen LogP contribution in [-0.2, 0) is 5.54 Å². The predicted molar refractivity (Wildman–Crippen MR) is 48.1 cm³/mol. The van der Waals surface area contributed by atoms with Crippen LogP contribution in [0.4, 0.5) is 4.79 Å². The molecule has 1 saturated heterocycles. The Morgan fingerprint density at radius 2 is 2.46 bits per heavy atom. The van der Waals surface area contributed by atoms with Crippen LogP contribution in [0.2, 0.25) is 0 Å². The average molecular weight is 177 g/mol. The normalized spacial score (nSPS) is 26.7. The number of nitrogens with zero attached hydrogens (tertiary/aromatic N) is 1. The Kier molecular flexibility index (Phi) is 1.69. The van der Waals surface area contributed by atoms with Crippen LogP contribution in [0.3, 0.4) is 0 Å². The van der Waals surface area contributed by atoms with Crippen molar-refractivity contribution in [1.29, 1.82) is 0 Å². The van der Waals surface area contributed by atoms with Gasteiger partial charge in [-0.3, -0.25) is 4.98 Å². The zero-order chi connectivity index (χ0) is 9.31. The highest BCUT2D eigenvalue weighted by molar-refractivity contribution is 5.77. The van der Waals surface area contributed by atoms with Crippen molar-refractivity contribution < 1.29 is 4.79 Å². The van der Waals surface area contributed by atoms with Crippen molar-refractivity contribution in [2.75, 3.05) is 6.54 Å². The molecule has 1 aliphatic heterocycles. The molecule has 4 heteroatoms. The Labute approximate surface area is 76.4 Å². The summed E-state index contributed by atoms with van der Waals surface area (Å²) >= 11 is 0. The fourth-order valence-corrected chi connectivity index (χ4v) is 1.46. The van der Waals surface area contributed by atoms with E-state index in [1.54, 1.807) is 12.4 Å². The molecule has 1 aromatic rings. The molecule has 2 rings (SSSR count). The summed E-state index contributed by atoms with van der Waals surface area (Å²) in [7, 11) is 0. The molecule has 68 valence electrons. The third kappa shape index (κ3) is 1.35. The van der Waals surface area contributed by atoms with Crippen LogP contribution < -0.4 is 10.6 Å². The molecule has 4 nitrogen and oxygen atoms in total. The third-order valence-electron chi connectivity index (χ3n) is 2.29. The molecule has 2 N–H and O–H groups in total. The average Bonchev–Trinajstić information content (AvgIpc) is 2.49. The lowest BCUT2D eigenvalue weighted by molar-refractivity contribution is 0.245. The molecular formula is C9H11N3O. The molecule has 2 amide bonds. The van der Waals surface area contributed by atoms with Gasteiger partial charge < -0.3 is 10.6 Å². The van der Waals surface area contributed by atoms with Crippen molar-refractivity contribution in [2.45, 2.75) is 12.5 Å². The van der Waals surface area contributed by atoms with Crippen molar-refractivity contribution in [3.8, 4) is 0 Å². The number of aromatic nitrogens is 1. The number of pyridine rings is 1. The molecular weight excluding hydrogens is 166 g/mol. The van der Waals surface area contributed by atoms with Gasteiger partial charge in [0.05, 0.1) is 5.54 Å². The Morgan fingerprint density at radius 1 is 1.62 bits per heavy atom. The van der Waals surface area contributed by atoms with Crippen LogP contribution in [0.25, 0.3) is 0 Å². The molecule has 0 saturated carbocycles. The quantitative estimate of drug-likeness (QED) is 0.660. The van der Waals surface area contributed by atoms with E-state index in [0.29, 0.717) is 6.54 Å². The second kappa shape index (κ2) is 2.73. The van der Waals surface area contributed by atoms with Gasteiger partial charge in [-0.05, 0) is 18.6 Å². The third-order valence-corrected chi connectivity index (χ3v) is 2.29. The minimum atomic E-state index is -0.314. The van der Waals surface area contributed by atoms with Crippen LogP contribution in [-0.4, -0.2) is 17.6 Å². The molecule has 1 fully saturated rings. The van der Waals surface area contributed by atoms with Gasteiger partial charge in [0.1, 0.15) is 0 Å². The summed E-state index contributed by atoms with van der Waals surface area (Å²) in [6.07, 6.45) is 3.49. The molecule has 0 spiro atoms. The van der Waals surface area contributed by atoms with Crippen molar-refractivity contribution in [1.82, 2.24) is 15.6 Å². The largest absolute Gasteiger partial charge is 0.335 e. The van der Waals surface area contributed by atoms with Gasteiger partial charge in [-0.2, -0.15) is 0 Å². The van der Waals surface area contributed by atoms with Crippen molar-refractivity contribution in [2.24, 2.45) is 0 Å². The number of hydrogen-bond acceptors (Lipinski definition) is 2. The van der Waals surface area contributed by atoms with E-state index in [1.807, 2.05) is 19.1 Å². The van der Waals surface area contributed by atoms with E-state index < -0.39 is 0 Å². The molecule has 1 atom stereocenters. The van der Waals surface area contributed by atoms with Gasteiger partial charge in [0.15, 0.2) is 0 Å². The summed E-state index contributed by atoms with van der Waals surface area (Å²) in [6.45, 7) is 2.58. The SMILES string of the molecule is CC1(c2cccnc2)CNC(=O)N1. The van der Waals surface area contributed by atoms with Crippen LogP contribution in [0.1, 0.15) is 12.5 Å². The minimum Gasteiger partial charge on any atom is -0.335 e. The van der Waals surface area contributed by atoms with E-state index in [-0.39, 0.29) is 11.6 Å². The smallest absolute Gasteiger partial charge is 0.315 e. The first kappa shape index (κ1) is 8.04. The molecule has 1 unspecified atom stereocenters. The molecule has 13 heavy (non-hydrogen) atoms. The predicted octanol–water partition coefficient (Wildman–Crippen LogP) is 0.610. The number of carbonyl (C=O) groups excluding carboxylic acids is 1.